The normalized spacial score (nSPS) is 22.4. The zero-order valence-corrected chi connectivity index (χ0v) is 16.5. The smallest absolute Gasteiger partial charge is 0.254 e. The van der Waals surface area contributed by atoms with Crippen LogP contribution in [0.4, 0.5) is 0 Å². The first-order valence-electron chi connectivity index (χ1n) is 9.76. The predicted molar refractivity (Wildman–Crippen MR) is 104 cm³/mol. The third-order valence-electron chi connectivity index (χ3n) is 6.23. The summed E-state index contributed by atoms with van der Waals surface area (Å²) in [6.07, 6.45) is 3.54. The molecule has 1 aromatic heterocycles. The molecule has 148 valence electrons. The zero-order chi connectivity index (χ0) is 20.0. The van der Waals surface area contributed by atoms with Crippen molar-refractivity contribution in [2.24, 2.45) is 7.05 Å². The number of carbonyl (C=O) groups is 2. The number of aromatic hydroxyl groups is 1. The number of amides is 2. The number of fused-ring (bicyclic) bond motifs is 2. The van der Waals surface area contributed by atoms with E-state index < -0.39 is 0 Å². The molecule has 2 saturated heterocycles. The fourth-order valence-corrected chi connectivity index (χ4v) is 4.61. The number of phenolic OH excluding ortho intramolecular Hbond substituents is 1. The van der Waals surface area contributed by atoms with E-state index in [1.54, 1.807) is 36.0 Å². The van der Waals surface area contributed by atoms with Crippen LogP contribution in [-0.2, 0) is 11.8 Å². The first kappa shape index (κ1) is 18.5. The first-order valence-corrected chi connectivity index (χ1v) is 9.76. The van der Waals surface area contributed by atoms with Crippen LogP contribution in [0.5, 0.6) is 5.75 Å². The monoisotopic (exact) mass is 382 g/mol. The van der Waals surface area contributed by atoms with E-state index in [1.807, 2.05) is 29.8 Å². The van der Waals surface area contributed by atoms with Crippen LogP contribution < -0.4 is 0 Å². The van der Waals surface area contributed by atoms with Gasteiger partial charge in [0.1, 0.15) is 5.75 Å². The minimum absolute atomic E-state index is 0.0449. The maximum atomic E-state index is 13.2. The first-order chi connectivity index (χ1) is 13.4. The summed E-state index contributed by atoms with van der Waals surface area (Å²) in [6, 6.07) is 7.01. The Balaban J connectivity index is 1.52. The van der Waals surface area contributed by atoms with Crippen molar-refractivity contribution < 1.29 is 14.7 Å². The van der Waals surface area contributed by atoms with Gasteiger partial charge in [0.2, 0.25) is 5.91 Å². The SMILES string of the molecule is Cc1c(O)cccc1C(=O)N1CC2CCC(C1)N2C(=O)C(C)c1ccnn1C. The molecule has 2 aromatic rings. The predicted octanol–water partition coefficient (Wildman–Crippen LogP) is 2.05. The van der Waals surface area contributed by atoms with Crippen LogP contribution in [0.3, 0.4) is 0 Å². The van der Waals surface area contributed by atoms with Crippen LogP contribution in [0.1, 0.15) is 47.3 Å². The van der Waals surface area contributed by atoms with Gasteiger partial charge in [-0.2, -0.15) is 5.10 Å². The maximum Gasteiger partial charge on any atom is 0.254 e. The molecule has 0 spiro atoms. The molecule has 4 rings (SSSR count). The van der Waals surface area contributed by atoms with Gasteiger partial charge in [-0.25, -0.2) is 0 Å². The molecular weight excluding hydrogens is 356 g/mol. The molecule has 2 aliphatic heterocycles. The molecule has 7 heteroatoms. The number of benzene rings is 1. The molecule has 2 fully saturated rings. The molecule has 28 heavy (non-hydrogen) atoms. The van der Waals surface area contributed by atoms with E-state index in [1.165, 1.54) is 0 Å². The van der Waals surface area contributed by atoms with Gasteiger partial charge in [-0.15, -0.1) is 0 Å². The Morgan fingerprint density at radius 2 is 1.86 bits per heavy atom. The summed E-state index contributed by atoms with van der Waals surface area (Å²) in [5.74, 6) is -0.0902. The van der Waals surface area contributed by atoms with Gasteiger partial charge < -0.3 is 14.9 Å². The Kier molecular flexibility index (Phi) is 4.61. The number of rotatable bonds is 3. The van der Waals surface area contributed by atoms with E-state index in [0.29, 0.717) is 24.2 Å². The lowest BCUT2D eigenvalue weighted by Gasteiger charge is -2.42. The van der Waals surface area contributed by atoms with Gasteiger partial charge in [0, 0.05) is 49.5 Å². The second-order valence-corrected chi connectivity index (χ2v) is 7.89. The average molecular weight is 382 g/mol. The molecule has 1 aromatic carbocycles. The van der Waals surface area contributed by atoms with E-state index in [-0.39, 0.29) is 35.6 Å². The van der Waals surface area contributed by atoms with Crippen LogP contribution >= 0.6 is 0 Å². The minimum atomic E-state index is -0.258. The summed E-state index contributed by atoms with van der Waals surface area (Å²) in [4.78, 5) is 30.1. The Bertz CT molecular complexity index is 908. The Hall–Kier alpha value is -2.83. The summed E-state index contributed by atoms with van der Waals surface area (Å²) in [5.41, 5.74) is 2.03. The molecular formula is C21H26N4O3. The summed E-state index contributed by atoms with van der Waals surface area (Å²) in [7, 11) is 1.85. The topological polar surface area (TPSA) is 78.7 Å². The molecule has 7 nitrogen and oxygen atoms in total. The maximum absolute atomic E-state index is 13.2. The van der Waals surface area contributed by atoms with Crippen molar-refractivity contribution >= 4 is 11.8 Å². The lowest BCUT2D eigenvalue weighted by molar-refractivity contribution is -0.137. The van der Waals surface area contributed by atoms with Crippen molar-refractivity contribution in [3.63, 3.8) is 0 Å². The minimum Gasteiger partial charge on any atom is -0.508 e. The van der Waals surface area contributed by atoms with E-state index >= 15 is 0 Å². The van der Waals surface area contributed by atoms with Crippen LogP contribution in [0.15, 0.2) is 30.5 Å². The molecule has 2 aliphatic rings. The van der Waals surface area contributed by atoms with E-state index in [0.717, 1.165) is 18.5 Å². The molecule has 3 atom stereocenters. The Morgan fingerprint density at radius 1 is 1.18 bits per heavy atom. The number of piperazine rings is 1. The number of carbonyl (C=O) groups excluding carboxylic acids is 2. The summed E-state index contributed by atoms with van der Waals surface area (Å²) in [6.45, 7) is 4.75. The fraction of sp³-hybridized carbons (Fsp3) is 0.476. The highest BCUT2D eigenvalue weighted by Gasteiger charge is 2.45. The lowest BCUT2D eigenvalue weighted by Crippen LogP contribution is -2.58. The van der Waals surface area contributed by atoms with Gasteiger partial charge in [-0.05, 0) is 44.9 Å². The second kappa shape index (κ2) is 6.96. The Morgan fingerprint density at radius 3 is 2.46 bits per heavy atom. The number of phenols is 1. The van der Waals surface area contributed by atoms with E-state index in [2.05, 4.69) is 5.10 Å². The van der Waals surface area contributed by atoms with Gasteiger partial charge in [0.25, 0.3) is 5.91 Å². The third-order valence-corrected chi connectivity index (χ3v) is 6.23. The number of aryl methyl sites for hydroxylation is 1. The molecule has 2 bridgehead atoms. The van der Waals surface area contributed by atoms with Gasteiger partial charge in [0.05, 0.1) is 11.6 Å². The second-order valence-electron chi connectivity index (χ2n) is 7.89. The summed E-state index contributed by atoms with van der Waals surface area (Å²) in [5, 5.41) is 14.1. The van der Waals surface area contributed by atoms with E-state index in [4.69, 9.17) is 0 Å². The number of aromatic nitrogens is 2. The quantitative estimate of drug-likeness (QED) is 0.881. The van der Waals surface area contributed by atoms with Gasteiger partial charge in [0.15, 0.2) is 0 Å². The fourth-order valence-electron chi connectivity index (χ4n) is 4.61. The molecule has 3 unspecified atom stereocenters. The van der Waals surface area contributed by atoms with Crippen molar-refractivity contribution in [1.29, 1.82) is 0 Å². The van der Waals surface area contributed by atoms with Crippen molar-refractivity contribution in [3.8, 4) is 5.75 Å². The van der Waals surface area contributed by atoms with E-state index in [9.17, 15) is 14.7 Å². The number of hydrogen-bond donors (Lipinski definition) is 1. The number of nitrogens with zero attached hydrogens (tertiary/aromatic N) is 4. The van der Waals surface area contributed by atoms with Crippen molar-refractivity contribution in [2.75, 3.05) is 13.1 Å². The summed E-state index contributed by atoms with van der Waals surface area (Å²) < 4.78 is 1.74. The highest BCUT2D eigenvalue weighted by molar-refractivity contribution is 5.96. The molecule has 2 amide bonds. The van der Waals surface area contributed by atoms with Crippen LogP contribution in [0.2, 0.25) is 0 Å². The highest BCUT2D eigenvalue weighted by atomic mass is 16.3. The molecule has 0 aliphatic carbocycles. The van der Waals surface area contributed by atoms with Gasteiger partial charge in [-0.3, -0.25) is 14.3 Å². The standard InChI is InChI=1S/C21H26N4O3/c1-13-17(5-4-6-19(13)26)21(28)24-11-15-7-8-16(12-24)25(15)20(27)14(2)18-9-10-22-23(18)3/h4-6,9-10,14-16,26H,7-8,11-12H2,1-3H3. The van der Waals surface area contributed by atoms with Crippen LogP contribution in [0.25, 0.3) is 0 Å². The largest absolute Gasteiger partial charge is 0.508 e. The molecule has 3 heterocycles. The number of likely N-dealkylation sites (tertiary alicyclic amines) is 1. The van der Waals surface area contributed by atoms with Crippen LogP contribution in [-0.4, -0.2) is 61.7 Å². The highest BCUT2D eigenvalue weighted by Crippen LogP contribution is 2.34. The van der Waals surface area contributed by atoms with Crippen molar-refractivity contribution in [2.45, 2.75) is 44.7 Å². The van der Waals surface area contributed by atoms with Crippen molar-refractivity contribution in [1.82, 2.24) is 19.6 Å². The third kappa shape index (κ3) is 2.95. The van der Waals surface area contributed by atoms with Gasteiger partial charge in [-0.1, -0.05) is 6.07 Å². The zero-order valence-electron chi connectivity index (χ0n) is 16.5. The molecule has 1 N–H and O–H groups in total. The Labute approximate surface area is 164 Å². The molecule has 0 radical (unpaired) electrons. The van der Waals surface area contributed by atoms with Crippen LogP contribution in [0, 0.1) is 6.92 Å². The lowest BCUT2D eigenvalue weighted by atomic mass is 10.0. The summed E-state index contributed by atoms with van der Waals surface area (Å²) >= 11 is 0. The average Bonchev–Trinajstić information content (AvgIpc) is 3.22. The number of hydrogen-bond acceptors (Lipinski definition) is 4. The van der Waals surface area contributed by atoms with Gasteiger partial charge >= 0.3 is 0 Å². The molecule has 0 saturated carbocycles. The van der Waals surface area contributed by atoms with Crippen molar-refractivity contribution in [3.05, 3.63) is 47.3 Å².